The molecule has 0 radical (unpaired) electrons. The van der Waals surface area contributed by atoms with Crippen LogP contribution < -0.4 is 0 Å². The number of azide groups is 1. The van der Waals surface area contributed by atoms with Gasteiger partial charge >= 0.3 is 5.97 Å². The minimum atomic E-state index is -1.61. The number of carboxylic acids is 1. The quantitative estimate of drug-likeness (QED) is 0.204. The second-order valence-electron chi connectivity index (χ2n) is 5.52. The topological polar surface area (TPSA) is 165 Å². The smallest absolute Gasteiger partial charge is 0.336 e. The van der Waals surface area contributed by atoms with Crippen molar-refractivity contribution in [3.8, 4) is 0 Å². The third kappa shape index (κ3) is 4.51. The SMILES string of the molecule is COPCC1(C(=O)O)CC(C)C(O)C(C(N=[N+]=[N-])C(O)CO)O1. The van der Waals surface area contributed by atoms with Crippen molar-refractivity contribution in [2.24, 2.45) is 11.0 Å². The lowest BCUT2D eigenvalue weighted by Gasteiger charge is -2.46. The van der Waals surface area contributed by atoms with Gasteiger partial charge in [0.2, 0.25) is 0 Å². The van der Waals surface area contributed by atoms with Gasteiger partial charge in [-0.1, -0.05) is 12.0 Å². The Morgan fingerprint density at radius 2 is 2.30 bits per heavy atom. The highest BCUT2D eigenvalue weighted by atomic mass is 31.1. The van der Waals surface area contributed by atoms with Crippen LogP contribution in [0.4, 0.5) is 0 Å². The average molecular weight is 351 g/mol. The molecule has 23 heavy (non-hydrogen) atoms. The maximum absolute atomic E-state index is 11.7. The molecule has 10 nitrogen and oxygen atoms in total. The van der Waals surface area contributed by atoms with E-state index in [4.69, 9.17) is 19.9 Å². The van der Waals surface area contributed by atoms with Crippen molar-refractivity contribution in [2.75, 3.05) is 19.9 Å². The average Bonchev–Trinajstić information content (AvgIpc) is 2.53. The van der Waals surface area contributed by atoms with Crippen LogP contribution in [0, 0.1) is 5.92 Å². The number of aliphatic carboxylic acids is 1. The Hall–Kier alpha value is -0.990. The van der Waals surface area contributed by atoms with Crippen LogP contribution in [0.2, 0.25) is 0 Å². The highest BCUT2D eigenvalue weighted by Crippen LogP contribution is 2.39. The summed E-state index contributed by atoms with van der Waals surface area (Å²) in [4.78, 5) is 14.3. The van der Waals surface area contributed by atoms with E-state index in [0.29, 0.717) is 0 Å². The molecule has 0 aromatic heterocycles. The number of nitrogens with zero attached hydrogens (tertiary/aromatic N) is 3. The van der Waals surface area contributed by atoms with Gasteiger partial charge in [0, 0.05) is 27.0 Å². The lowest BCUT2D eigenvalue weighted by Crippen LogP contribution is -2.61. The van der Waals surface area contributed by atoms with Gasteiger partial charge in [0.25, 0.3) is 0 Å². The van der Waals surface area contributed by atoms with Crippen molar-refractivity contribution in [2.45, 2.75) is 43.3 Å². The number of carbonyl (C=O) groups is 1. The first-order valence-corrected chi connectivity index (χ1v) is 8.12. The largest absolute Gasteiger partial charge is 0.479 e. The number of ether oxygens (including phenoxy) is 1. The van der Waals surface area contributed by atoms with Gasteiger partial charge in [-0.05, 0) is 17.9 Å². The summed E-state index contributed by atoms with van der Waals surface area (Å²) in [6, 6.07) is -1.31. The maximum atomic E-state index is 11.7. The van der Waals surface area contributed by atoms with Crippen LogP contribution in [-0.4, -0.2) is 76.2 Å². The monoisotopic (exact) mass is 351 g/mol. The fraction of sp³-hybridized carbons (Fsp3) is 0.917. The van der Waals surface area contributed by atoms with E-state index in [9.17, 15) is 20.1 Å². The van der Waals surface area contributed by atoms with Crippen molar-refractivity contribution in [3.63, 3.8) is 0 Å². The Morgan fingerprint density at radius 3 is 2.78 bits per heavy atom. The lowest BCUT2D eigenvalue weighted by molar-refractivity contribution is -0.215. The highest BCUT2D eigenvalue weighted by molar-refractivity contribution is 7.32. The van der Waals surface area contributed by atoms with Crippen LogP contribution in [-0.2, 0) is 14.1 Å². The molecule has 0 bridgehead atoms. The number of aliphatic hydroxyl groups is 3. The minimum absolute atomic E-state index is 0.0502. The summed E-state index contributed by atoms with van der Waals surface area (Å²) in [5, 5.41) is 42.1. The van der Waals surface area contributed by atoms with E-state index in [2.05, 4.69) is 10.0 Å². The van der Waals surface area contributed by atoms with Gasteiger partial charge in [0.15, 0.2) is 5.60 Å². The fourth-order valence-corrected chi connectivity index (χ4v) is 3.42. The Bertz CT molecular complexity index is 462. The Balaban J connectivity index is 3.17. The standard InChI is InChI=1S/C12H22N3O7P/c1-6-3-12(11(19)20,5-23-21-2)22-10(9(6)18)8(14-15-13)7(17)4-16/h6-10,16-18,23H,3-5H2,1-2H3,(H,19,20). The zero-order valence-corrected chi connectivity index (χ0v) is 13.9. The van der Waals surface area contributed by atoms with Crippen molar-refractivity contribution >= 4 is 14.8 Å². The predicted molar refractivity (Wildman–Crippen MR) is 81.2 cm³/mol. The predicted octanol–water partition coefficient (Wildman–Crippen LogP) is -0.132. The van der Waals surface area contributed by atoms with Crippen LogP contribution in [0.1, 0.15) is 13.3 Å². The van der Waals surface area contributed by atoms with E-state index < -0.39 is 48.4 Å². The molecule has 0 aromatic rings. The number of hydrogen-bond acceptors (Lipinski definition) is 7. The molecule has 0 saturated carbocycles. The zero-order valence-electron chi connectivity index (χ0n) is 12.9. The minimum Gasteiger partial charge on any atom is -0.479 e. The first-order valence-electron chi connectivity index (χ1n) is 7.01. The van der Waals surface area contributed by atoms with Gasteiger partial charge in [0.1, 0.15) is 0 Å². The molecule has 0 amide bonds. The van der Waals surface area contributed by atoms with Gasteiger partial charge < -0.3 is 29.7 Å². The molecule has 4 N–H and O–H groups in total. The summed E-state index contributed by atoms with van der Waals surface area (Å²) in [6.45, 7) is 0.927. The van der Waals surface area contributed by atoms with E-state index in [-0.39, 0.29) is 21.4 Å². The van der Waals surface area contributed by atoms with Crippen molar-refractivity contribution in [1.29, 1.82) is 0 Å². The van der Waals surface area contributed by atoms with E-state index >= 15 is 0 Å². The molecule has 1 aliphatic rings. The second kappa shape index (κ2) is 8.75. The van der Waals surface area contributed by atoms with Gasteiger partial charge in [-0.25, -0.2) is 4.79 Å². The Kier molecular flexibility index (Phi) is 7.63. The molecule has 7 unspecified atom stereocenters. The summed E-state index contributed by atoms with van der Waals surface area (Å²) in [6.07, 6.45) is -3.77. The number of aliphatic hydroxyl groups excluding tert-OH is 3. The van der Waals surface area contributed by atoms with E-state index in [1.807, 2.05) is 0 Å². The van der Waals surface area contributed by atoms with E-state index in [1.165, 1.54) is 7.11 Å². The molecule has 0 aliphatic carbocycles. The molecular weight excluding hydrogens is 329 g/mol. The molecule has 1 heterocycles. The third-order valence-corrected chi connectivity index (χ3v) is 4.93. The van der Waals surface area contributed by atoms with Gasteiger partial charge in [0.05, 0.1) is 31.0 Å². The molecule has 7 atom stereocenters. The van der Waals surface area contributed by atoms with E-state index in [0.717, 1.165) is 0 Å². The van der Waals surface area contributed by atoms with Crippen LogP contribution in [0.3, 0.4) is 0 Å². The van der Waals surface area contributed by atoms with Crippen LogP contribution in [0.5, 0.6) is 0 Å². The Labute approximate surface area is 134 Å². The van der Waals surface area contributed by atoms with Gasteiger partial charge in [-0.2, -0.15) is 0 Å². The molecule has 1 saturated heterocycles. The van der Waals surface area contributed by atoms with E-state index in [1.54, 1.807) is 6.92 Å². The first-order chi connectivity index (χ1) is 10.8. The summed E-state index contributed by atoms with van der Waals surface area (Å²) in [7, 11) is 1.30. The number of hydrogen-bond donors (Lipinski definition) is 4. The normalized spacial score (nSPS) is 34.0. The molecular formula is C12H22N3O7P. The Morgan fingerprint density at radius 1 is 1.65 bits per heavy atom. The van der Waals surface area contributed by atoms with Crippen molar-refractivity contribution in [1.82, 2.24) is 0 Å². The van der Waals surface area contributed by atoms with Crippen LogP contribution >= 0.6 is 8.81 Å². The lowest BCUT2D eigenvalue weighted by atomic mass is 9.80. The molecule has 1 rings (SSSR count). The molecule has 1 fully saturated rings. The molecule has 1 aliphatic heterocycles. The molecule has 0 spiro atoms. The van der Waals surface area contributed by atoms with Crippen molar-refractivity contribution in [3.05, 3.63) is 10.4 Å². The summed E-state index contributed by atoms with van der Waals surface area (Å²) in [5.41, 5.74) is 7.02. The highest BCUT2D eigenvalue weighted by Gasteiger charge is 2.52. The van der Waals surface area contributed by atoms with Gasteiger partial charge in [-0.3, -0.25) is 0 Å². The first kappa shape index (κ1) is 20.1. The zero-order chi connectivity index (χ0) is 17.6. The fourth-order valence-electron chi connectivity index (χ4n) is 2.66. The summed E-state index contributed by atoms with van der Waals surface area (Å²) in [5.74, 6) is -1.70. The molecule has 11 heteroatoms. The number of carboxylic acid groups (broad SMARTS) is 1. The maximum Gasteiger partial charge on any atom is 0.336 e. The van der Waals surface area contributed by atoms with Crippen molar-refractivity contribution < 1.29 is 34.5 Å². The third-order valence-electron chi connectivity index (χ3n) is 3.93. The molecule has 132 valence electrons. The second-order valence-corrected chi connectivity index (χ2v) is 6.58. The van der Waals surface area contributed by atoms with Gasteiger partial charge in [-0.15, -0.1) is 0 Å². The van der Waals surface area contributed by atoms with Crippen LogP contribution in [0.25, 0.3) is 10.4 Å². The number of rotatable bonds is 8. The molecule has 0 aromatic carbocycles. The van der Waals surface area contributed by atoms with Crippen LogP contribution in [0.15, 0.2) is 5.11 Å². The summed E-state index contributed by atoms with van der Waals surface area (Å²) < 4.78 is 10.5. The summed E-state index contributed by atoms with van der Waals surface area (Å²) >= 11 is 0.